The van der Waals surface area contributed by atoms with Gasteiger partial charge in [0.15, 0.2) is 0 Å². The summed E-state index contributed by atoms with van der Waals surface area (Å²) in [5, 5.41) is 0. The molecule has 53 heavy (non-hydrogen) atoms. The molecule has 0 radical (unpaired) electrons. The fourth-order valence-electron chi connectivity index (χ4n) is 8.21. The van der Waals surface area contributed by atoms with Gasteiger partial charge in [-0.05, 0) is 68.0 Å². The minimum atomic E-state index is -0.847. The Kier molecular flexibility index (Phi) is 9.11. The summed E-state index contributed by atoms with van der Waals surface area (Å²) in [6.45, 7) is 4.67. The molecule has 0 spiro atoms. The van der Waals surface area contributed by atoms with Crippen LogP contribution in [0.1, 0.15) is 47.5 Å². The molecule has 3 heteroatoms. The van der Waals surface area contributed by atoms with Crippen LogP contribution in [-0.2, 0) is 31.9 Å². The summed E-state index contributed by atoms with van der Waals surface area (Å²) in [4.78, 5) is 11.5. The number of hydrogen-bond acceptors (Lipinski definition) is 2. The zero-order valence-corrected chi connectivity index (χ0v) is 31.8. The molecule has 0 atom stereocenters. The Morgan fingerprint density at radius 2 is 0.774 bits per heavy atom. The molecule has 0 bridgehead atoms. The van der Waals surface area contributed by atoms with E-state index in [4.69, 9.17) is 9.97 Å². The molecule has 0 amide bonds. The average Bonchev–Trinajstić information content (AvgIpc) is 3.22. The first-order valence-corrected chi connectivity index (χ1v) is 17.8. The summed E-state index contributed by atoms with van der Waals surface area (Å²) in [7, 11) is 0. The number of rotatable bonds is 6. The van der Waals surface area contributed by atoms with Gasteiger partial charge in [-0.25, -0.2) is 0 Å². The first kappa shape index (κ1) is 34.4. The van der Waals surface area contributed by atoms with E-state index in [0.29, 0.717) is 0 Å². The molecule has 0 saturated carbocycles. The second-order valence-corrected chi connectivity index (χ2v) is 13.9. The maximum atomic E-state index is 5.74. The first-order chi connectivity index (χ1) is 25.6. The molecular weight excluding hydrogens is 824 g/mol. The molecule has 0 aliphatic heterocycles. The predicted molar refractivity (Wildman–Crippen MR) is 212 cm³/mol. The predicted octanol–water partition coefficient (Wildman–Crippen LogP) is 11.8. The van der Waals surface area contributed by atoms with Crippen molar-refractivity contribution in [3.63, 3.8) is 0 Å². The topological polar surface area (TPSA) is 25.8 Å². The third-order valence-electron chi connectivity index (χ3n) is 10.7. The smallest absolute Gasteiger partial charge is 0.299 e. The minimum Gasteiger partial charge on any atom is -0.299 e. The van der Waals surface area contributed by atoms with Crippen molar-refractivity contribution >= 4 is 0 Å². The fourth-order valence-corrected chi connectivity index (χ4v) is 8.21. The zero-order valence-electron chi connectivity index (χ0n) is 29.5. The van der Waals surface area contributed by atoms with Crippen molar-refractivity contribution in [2.45, 2.75) is 24.7 Å². The maximum Gasteiger partial charge on any atom is 2.00 e. The zero-order chi connectivity index (χ0) is 35.1. The maximum absolute atomic E-state index is 5.74. The van der Waals surface area contributed by atoms with E-state index < -0.39 is 5.41 Å². The van der Waals surface area contributed by atoms with E-state index in [-0.39, 0.29) is 26.5 Å². The SMILES string of the molecule is CC1(C)c2ccccc2C(c2ccc(-c3ccccc3)c(-c3[c-]cccc3)n2)(c2ccc(-c3ccccc3)c(-c3[c-]cccc3)n2)c2ccccc21.[Pt+2]. The molecule has 0 fully saturated rings. The molecule has 1 aliphatic carbocycles. The van der Waals surface area contributed by atoms with Crippen LogP contribution in [0.2, 0.25) is 0 Å². The van der Waals surface area contributed by atoms with Crippen LogP contribution in [0.5, 0.6) is 0 Å². The molecule has 8 aromatic rings. The third kappa shape index (κ3) is 5.70. The van der Waals surface area contributed by atoms with Crippen LogP contribution in [-0.4, -0.2) is 9.97 Å². The fraction of sp³-hybridized carbons (Fsp3) is 0.0800. The van der Waals surface area contributed by atoms with Gasteiger partial charge in [0.1, 0.15) is 5.41 Å². The minimum absolute atomic E-state index is 0. The summed E-state index contributed by atoms with van der Waals surface area (Å²) in [6.07, 6.45) is 0. The van der Waals surface area contributed by atoms with Crippen LogP contribution in [0, 0.1) is 12.1 Å². The van der Waals surface area contributed by atoms with E-state index in [1.807, 2.05) is 24.3 Å². The van der Waals surface area contributed by atoms with Crippen molar-refractivity contribution < 1.29 is 21.1 Å². The van der Waals surface area contributed by atoms with E-state index in [1.54, 1.807) is 0 Å². The molecule has 9 rings (SSSR count). The van der Waals surface area contributed by atoms with Gasteiger partial charge in [0.25, 0.3) is 0 Å². The third-order valence-corrected chi connectivity index (χ3v) is 10.7. The molecule has 2 aromatic heterocycles. The monoisotopic (exact) mass is 859 g/mol. The van der Waals surface area contributed by atoms with Crippen LogP contribution in [0.25, 0.3) is 44.8 Å². The quantitative estimate of drug-likeness (QED) is 0.156. The Bertz CT molecular complexity index is 2350. The van der Waals surface area contributed by atoms with Gasteiger partial charge in [0, 0.05) is 5.41 Å². The Morgan fingerprint density at radius 3 is 1.17 bits per heavy atom. The van der Waals surface area contributed by atoms with Gasteiger partial charge in [-0.2, -0.15) is 0 Å². The molecule has 0 unspecified atom stereocenters. The van der Waals surface area contributed by atoms with Gasteiger partial charge in [-0.15, -0.1) is 71.8 Å². The van der Waals surface area contributed by atoms with Crippen molar-refractivity contribution in [1.29, 1.82) is 0 Å². The number of aromatic nitrogens is 2. The van der Waals surface area contributed by atoms with E-state index in [9.17, 15) is 0 Å². The number of fused-ring (bicyclic) bond motifs is 2. The van der Waals surface area contributed by atoms with Gasteiger partial charge in [-0.1, -0.05) is 135 Å². The van der Waals surface area contributed by atoms with Crippen LogP contribution in [0.15, 0.2) is 182 Å². The van der Waals surface area contributed by atoms with Gasteiger partial charge < -0.3 is 0 Å². The Hall–Kier alpha value is -5.69. The second-order valence-electron chi connectivity index (χ2n) is 13.9. The summed E-state index contributed by atoms with van der Waals surface area (Å²) in [5.41, 5.74) is 13.6. The number of benzene rings is 6. The summed E-state index contributed by atoms with van der Waals surface area (Å²) in [6, 6.07) is 71.0. The molecule has 256 valence electrons. The van der Waals surface area contributed by atoms with E-state index in [0.717, 1.165) is 56.2 Å². The Labute approximate surface area is 326 Å². The normalized spacial score (nSPS) is 13.6. The van der Waals surface area contributed by atoms with E-state index in [2.05, 4.69) is 184 Å². The van der Waals surface area contributed by atoms with Crippen molar-refractivity contribution in [1.82, 2.24) is 9.97 Å². The standard InChI is InChI=1S/C50H36N2.Pt/c1-49(2)41-27-15-17-29-43(41)50(44-30-18-16-28-42(44)49,45-33-31-39(35-19-7-3-8-20-35)47(51-45)37-23-11-5-12-24-37)46-34-32-40(36-21-9-4-10-22-36)48(52-46)38-25-13-6-14-26-38;/h3-23,25,27-34H,1-2H3;/q-2;+2. The van der Waals surface area contributed by atoms with Crippen molar-refractivity contribution in [2.75, 3.05) is 0 Å². The van der Waals surface area contributed by atoms with Crippen molar-refractivity contribution in [2.24, 2.45) is 0 Å². The summed E-state index contributed by atoms with van der Waals surface area (Å²) >= 11 is 0. The van der Waals surface area contributed by atoms with Gasteiger partial charge in [0.2, 0.25) is 0 Å². The molecule has 0 saturated heterocycles. The second kappa shape index (κ2) is 14.0. The van der Waals surface area contributed by atoms with E-state index in [1.165, 1.54) is 22.3 Å². The van der Waals surface area contributed by atoms with Crippen LogP contribution >= 0.6 is 0 Å². The largest absolute Gasteiger partial charge is 2.00 e. The summed E-state index contributed by atoms with van der Waals surface area (Å²) in [5.74, 6) is 0. The van der Waals surface area contributed by atoms with Gasteiger partial charge in [0.05, 0.1) is 11.4 Å². The summed E-state index contributed by atoms with van der Waals surface area (Å²) < 4.78 is 0. The van der Waals surface area contributed by atoms with Crippen molar-refractivity contribution in [3.05, 3.63) is 228 Å². The van der Waals surface area contributed by atoms with Crippen LogP contribution < -0.4 is 0 Å². The first-order valence-electron chi connectivity index (χ1n) is 17.8. The Morgan fingerprint density at radius 1 is 0.396 bits per heavy atom. The van der Waals surface area contributed by atoms with E-state index >= 15 is 0 Å². The van der Waals surface area contributed by atoms with Gasteiger partial charge >= 0.3 is 21.1 Å². The molecule has 1 aliphatic rings. The van der Waals surface area contributed by atoms with Crippen molar-refractivity contribution in [3.8, 4) is 44.8 Å². The number of nitrogens with zero attached hydrogens (tertiary/aromatic N) is 2. The molecule has 6 aromatic carbocycles. The van der Waals surface area contributed by atoms with Crippen LogP contribution in [0.3, 0.4) is 0 Å². The molecular formula is C50H36N2Pt. The number of hydrogen-bond donors (Lipinski definition) is 0. The molecule has 2 heterocycles. The molecule has 2 nitrogen and oxygen atoms in total. The number of pyridine rings is 2. The van der Waals surface area contributed by atoms with Gasteiger partial charge in [-0.3, -0.25) is 9.97 Å². The average molecular weight is 860 g/mol. The Balaban J connectivity index is 0.00000400. The van der Waals surface area contributed by atoms with Crippen LogP contribution in [0.4, 0.5) is 0 Å². The molecule has 0 N–H and O–H groups in total.